The van der Waals surface area contributed by atoms with E-state index in [-0.39, 0.29) is 12.1 Å². The van der Waals surface area contributed by atoms with Crippen LogP contribution >= 0.6 is 0 Å². The molecular weight excluding hydrogens is 234 g/mol. The Bertz CT molecular complexity index is 319. The van der Waals surface area contributed by atoms with Crippen molar-refractivity contribution in [2.75, 3.05) is 6.61 Å². The molecule has 0 bridgehead atoms. The topological polar surface area (TPSA) is 56.8 Å². The van der Waals surface area contributed by atoms with Crippen LogP contribution in [0, 0.1) is 0 Å². The maximum absolute atomic E-state index is 11.7. The average molecular weight is 257 g/mol. The van der Waals surface area contributed by atoms with Gasteiger partial charge in [-0.25, -0.2) is 4.79 Å². The van der Waals surface area contributed by atoms with Crippen LogP contribution in [0.1, 0.15) is 34.6 Å². The van der Waals surface area contributed by atoms with Gasteiger partial charge in [-0.3, -0.25) is 0 Å². The van der Waals surface area contributed by atoms with Crippen molar-refractivity contribution in [3.63, 3.8) is 0 Å². The first-order valence-electron chi connectivity index (χ1n) is 6.07. The Balaban J connectivity index is 2.56. The van der Waals surface area contributed by atoms with E-state index in [9.17, 15) is 4.79 Å². The van der Waals surface area contributed by atoms with Crippen molar-refractivity contribution in [1.82, 2.24) is 5.32 Å². The van der Waals surface area contributed by atoms with Crippen LogP contribution in [-0.2, 0) is 14.2 Å². The molecular formula is C13H23NO4. The van der Waals surface area contributed by atoms with E-state index in [4.69, 9.17) is 14.2 Å². The van der Waals surface area contributed by atoms with Gasteiger partial charge in [0.15, 0.2) is 5.79 Å². The van der Waals surface area contributed by atoms with Crippen LogP contribution in [0.4, 0.5) is 4.79 Å². The predicted molar refractivity (Wildman–Crippen MR) is 68.3 cm³/mol. The van der Waals surface area contributed by atoms with Gasteiger partial charge in [-0.1, -0.05) is 6.08 Å². The predicted octanol–water partition coefficient (Wildman–Crippen LogP) is 2.22. The van der Waals surface area contributed by atoms with Gasteiger partial charge in [0.25, 0.3) is 0 Å². The first kappa shape index (κ1) is 15.0. The molecule has 0 aromatic rings. The summed E-state index contributed by atoms with van der Waals surface area (Å²) in [4.78, 5) is 11.7. The maximum Gasteiger partial charge on any atom is 0.408 e. The van der Waals surface area contributed by atoms with Crippen molar-refractivity contribution in [2.45, 2.75) is 58.2 Å². The molecule has 5 heteroatoms. The summed E-state index contributed by atoms with van der Waals surface area (Å²) in [5.41, 5.74) is -0.524. The van der Waals surface area contributed by atoms with E-state index in [1.54, 1.807) is 6.08 Å². The zero-order chi connectivity index (χ0) is 14.0. The molecule has 1 rings (SSSR count). The Morgan fingerprint density at radius 2 is 2.11 bits per heavy atom. The zero-order valence-corrected chi connectivity index (χ0v) is 11.8. The molecule has 0 aliphatic carbocycles. The Hall–Kier alpha value is -1.07. The lowest BCUT2D eigenvalue weighted by Crippen LogP contribution is -2.55. The van der Waals surface area contributed by atoms with Crippen molar-refractivity contribution in [1.29, 1.82) is 0 Å². The molecule has 1 fully saturated rings. The standard InChI is InChI=1S/C13H23NO4/c1-7-10-9(8-16-13(5,6)17-10)14-11(15)18-12(2,3)4/h7,9-10H,1,8H2,2-6H3,(H,14,15)/t9-,10-/m0/s1. The molecule has 0 aromatic heterocycles. The molecule has 0 spiro atoms. The monoisotopic (exact) mass is 257 g/mol. The van der Waals surface area contributed by atoms with Crippen molar-refractivity contribution in [3.8, 4) is 0 Å². The third-order valence-electron chi connectivity index (χ3n) is 2.36. The first-order chi connectivity index (χ1) is 8.13. The Labute approximate surface area is 108 Å². The van der Waals surface area contributed by atoms with Gasteiger partial charge in [0.2, 0.25) is 0 Å². The van der Waals surface area contributed by atoms with E-state index in [0.717, 1.165) is 0 Å². The summed E-state index contributed by atoms with van der Waals surface area (Å²) < 4.78 is 16.3. The number of rotatable bonds is 2. The summed E-state index contributed by atoms with van der Waals surface area (Å²) >= 11 is 0. The summed E-state index contributed by atoms with van der Waals surface area (Å²) in [6, 6.07) is -0.287. The first-order valence-corrected chi connectivity index (χ1v) is 6.07. The average Bonchev–Trinajstić information content (AvgIpc) is 2.17. The number of alkyl carbamates (subject to hydrolysis) is 1. The molecule has 2 atom stereocenters. The molecule has 1 aliphatic rings. The number of amides is 1. The molecule has 1 amide bonds. The van der Waals surface area contributed by atoms with E-state index in [0.29, 0.717) is 6.61 Å². The third kappa shape index (κ3) is 4.66. The van der Waals surface area contributed by atoms with Gasteiger partial charge in [0, 0.05) is 0 Å². The number of carbonyl (C=O) groups is 1. The fourth-order valence-electron chi connectivity index (χ4n) is 1.62. The van der Waals surface area contributed by atoms with Gasteiger partial charge in [-0.15, -0.1) is 6.58 Å². The van der Waals surface area contributed by atoms with Gasteiger partial charge in [0.1, 0.15) is 11.7 Å². The molecule has 1 aliphatic heterocycles. The van der Waals surface area contributed by atoms with E-state index < -0.39 is 17.5 Å². The van der Waals surface area contributed by atoms with Gasteiger partial charge in [-0.05, 0) is 34.6 Å². The summed E-state index contributed by atoms with van der Waals surface area (Å²) in [5, 5.41) is 2.73. The Morgan fingerprint density at radius 3 is 2.61 bits per heavy atom. The van der Waals surface area contributed by atoms with Crippen molar-refractivity contribution < 1.29 is 19.0 Å². The molecule has 0 aromatic carbocycles. The molecule has 1 heterocycles. The second-order valence-electron chi connectivity index (χ2n) is 5.78. The summed E-state index contributed by atoms with van der Waals surface area (Å²) in [5.74, 6) is -0.662. The Morgan fingerprint density at radius 1 is 1.50 bits per heavy atom. The molecule has 0 unspecified atom stereocenters. The number of nitrogens with one attached hydrogen (secondary N) is 1. The minimum absolute atomic E-state index is 0.287. The highest BCUT2D eigenvalue weighted by atomic mass is 16.7. The van der Waals surface area contributed by atoms with E-state index in [1.165, 1.54) is 0 Å². The van der Waals surface area contributed by atoms with Crippen molar-refractivity contribution in [2.24, 2.45) is 0 Å². The van der Waals surface area contributed by atoms with E-state index in [2.05, 4.69) is 11.9 Å². The lowest BCUT2D eigenvalue weighted by molar-refractivity contribution is -0.271. The number of ether oxygens (including phenoxy) is 3. The molecule has 1 saturated heterocycles. The lowest BCUT2D eigenvalue weighted by Gasteiger charge is -2.40. The van der Waals surface area contributed by atoms with Crippen molar-refractivity contribution >= 4 is 6.09 Å². The molecule has 5 nitrogen and oxygen atoms in total. The largest absolute Gasteiger partial charge is 0.444 e. The second kappa shape index (κ2) is 5.28. The maximum atomic E-state index is 11.7. The Kier molecular flexibility index (Phi) is 4.40. The van der Waals surface area contributed by atoms with E-state index in [1.807, 2.05) is 34.6 Å². The quantitative estimate of drug-likeness (QED) is 0.771. The van der Waals surface area contributed by atoms with Crippen LogP contribution in [0.25, 0.3) is 0 Å². The number of carbonyl (C=O) groups excluding carboxylic acids is 1. The van der Waals surface area contributed by atoms with Gasteiger partial charge in [0.05, 0.1) is 12.6 Å². The van der Waals surface area contributed by atoms with Crippen LogP contribution in [-0.4, -0.2) is 36.2 Å². The van der Waals surface area contributed by atoms with Crippen LogP contribution in [0.3, 0.4) is 0 Å². The summed E-state index contributed by atoms with van der Waals surface area (Å²) in [7, 11) is 0. The number of hydrogen-bond acceptors (Lipinski definition) is 4. The molecule has 0 saturated carbocycles. The molecule has 18 heavy (non-hydrogen) atoms. The lowest BCUT2D eigenvalue weighted by atomic mass is 10.1. The van der Waals surface area contributed by atoms with Crippen molar-refractivity contribution in [3.05, 3.63) is 12.7 Å². The number of hydrogen-bond donors (Lipinski definition) is 1. The summed E-state index contributed by atoms with van der Waals surface area (Å²) in [6.45, 7) is 13.2. The van der Waals surface area contributed by atoms with Gasteiger partial charge < -0.3 is 19.5 Å². The smallest absolute Gasteiger partial charge is 0.408 e. The zero-order valence-electron chi connectivity index (χ0n) is 11.8. The minimum atomic E-state index is -0.662. The highest BCUT2D eigenvalue weighted by molar-refractivity contribution is 5.68. The fraction of sp³-hybridized carbons (Fsp3) is 0.769. The van der Waals surface area contributed by atoms with Gasteiger partial charge >= 0.3 is 6.09 Å². The third-order valence-corrected chi connectivity index (χ3v) is 2.36. The summed E-state index contributed by atoms with van der Waals surface area (Å²) in [6.07, 6.45) is 0.888. The molecule has 104 valence electrons. The van der Waals surface area contributed by atoms with Crippen LogP contribution in [0.2, 0.25) is 0 Å². The fourth-order valence-corrected chi connectivity index (χ4v) is 1.62. The van der Waals surface area contributed by atoms with Gasteiger partial charge in [-0.2, -0.15) is 0 Å². The molecule has 0 radical (unpaired) electrons. The highest BCUT2D eigenvalue weighted by Crippen LogP contribution is 2.23. The highest BCUT2D eigenvalue weighted by Gasteiger charge is 2.36. The minimum Gasteiger partial charge on any atom is -0.444 e. The van der Waals surface area contributed by atoms with Crippen LogP contribution in [0.15, 0.2) is 12.7 Å². The van der Waals surface area contributed by atoms with E-state index >= 15 is 0 Å². The van der Waals surface area contributed by atoms with Crippen LogP contribution < -0.4 is 5.32 Å². The SMILES string of the molecule is C=C[C@@H]1OC(C)(C)OC[C@@H]1NC(=O)OC(C)(C)C. The van der Waals surface area contributed by atoms with Crippen LogP contribution in [0.5, 0.6) is 0 Å². The molecule has 1 N–H and O–H groups in total. The second-order valence-corrected chi connectivity index (χ2v) is 5.78. The normalized spacial score (nSPS) is 27.4.